The zero-order valence-corrected chi connectivity index (χ0v) is 22.5. The third-order valence-corrected chi connectivity index (χ3v) is 6.37. The Balaban J connectivity index is 0.000000732. The Kier molecular flexibility index (Phi) is 9.48. The molecule has 1 aliphatic heterocycles. The van der Waals surface area contributed by atoms with Gasteiger partial charge in [0.05, 0.1) is 11.6 Å². The molecular formula is C28H31ClN2O7. The number of rotatable bonds is 7. The van der Waals surface area contributed by atoms with Gasteiger partial charge in [-0.2, -0.15) is 0 Å². The van der Waals surface area contributed by atoms with Gasteiger partial charge in [0.25, 0.3) is 0 Å². The van der Waals surface area contributed by atoms with Crippen LogP contribution in [0.4, 0.5) is 5.69 Å². The average molecular weight is 543 g/mol. The van der Waals surface area contributed by atoms with Crippen LogP contribution in [-0.2, 0) is 0 Å². The number of carboxylic acid groups (broad SMARTS) is 1. The van der Waals surface area contributed by atoms with E-state index in [9.17, 15) is 9.90 Å². The van der Waals surface area contributed by atoms with Crippen molar-refractivity contribution < 1.29 is 43.2 Å². The number of hydrogen-bond donors (Lipinski definition) is 1. The molecule has 10 heteroatoms. The molecule has 0 aromatic heterocycles. The summed E-state index contributed by atoms with van der Waals surface area (Å²) in [4.78, 5) is 14.3. The molecule has 1 N–H and O–H groups in total. The summed E-state index contributed by atoms with van der Waals surface area (Å²) in [7, 11) is -4.94. The first-order chi connectivity index (χ1) is 18.0. The molecule has 0 spiro atoms. The smallest absolute Gasteiger partial charge is 0.336 e. The van der Waals surface area contributed by atoms with E-state index in [-0.39, 0.29) is 5.56 Å². The zero-order valence-electron chi connectivity index (χ0n) is 21.8. The van der Waals surface area contributed by atoms with Gasteiger partial charge >= 0.3 is 5.97 Å². The highest BCUT2D eigenvalue weighted by molar-refractivity contribution is 6.07. The van der Waals surface area contributed by atoms with E-state index in [1.54, 1.807) is 12.1 Å². The predicted molar refractivity (Wildman–Crippen MR) is 135 cm³/mol. The highest BCUT2D eigenvalue weighted by atomic mass is 35.7. The number of anilines is 1. The fourth-order valence-electron chi connectivity index (χ4n) is 4.62. The van der Waals surface area contributed by atoms with E-state index in [2.05, 4.69) is 73.6 Å². The molecule has 0 unspecified atom stereocenters. The molecule has 0 saturated carbocycles. The summed E-state index contributed by atoms with van der Waals surface area (Å²) in [5, 5.41) is 11.9. The molecular weight excluding hydrogens is 512 g/mol. The molecule has 1 aliphatic carbocycles. The van der Waals surface area contributed by atoms with Crippen molar-refractivity contribution in [2.24, 2.45) is 0 Å². The van der Waals surface area contributed by atoms with E-state index < -0.39 is 16.2 Å². The van der Waals surface area contributed by atoms with Crippen molar-refractivity contribution in [2.75, 3.05) is 31.1 Å². The molecule has 0 amide bonds. The summed E-state index contributed by atoms with van der Waals surface area (Å²) in [6.07, 6.45) is 0. The molecule has 0 saturated heterocycles. The first kappa shape index (κ1) is 29.1. The second-order valence-corrected chi connectivity index (χ2v) is 9.17. The monoisotopic (exact) mass is 542 g/mol. The topological polar surface area (TPSA) is 149 Å². The van der Waals surface area contributed by atoms with Gasteiger partial charge in [-0.25, -0.2) is 28.0 Å². The van der Waals surface area contributed by atoms with Gasteiger partial charge in [0.15, 0.2) is 0 Å². The second-order valence-electron chi connectivity index (χ2n) is 8.41. The Labute approximate surface area is 223 Å². The van der Waals surface area contributed by atoms with Crippen LogP contribution in [0.25, 0.3) is 33.4 Å². The molecule has 0 radical (unpaired) electrons. The van der Waals surface area contributed by atoms with Crippen LogP contribution in [0, 0.1) is 10.2 Å². The maximum Gasteiger partial charge on any atom is 0.336 e. The number of hydrogen-bond acceptors (Lipinski definition) is 7. The van der Waals surface area contributed by atoms with Crippen LogP contribution in [-0.4, -0.2) is 37.3 Å². The largest absolute Gasteiger partial charge is 0.478 e. The van der Waals surface area contributed by atoms with Crippen molar-refractivity contribution in [2.45, 2.75) is 27.7 Å². The number of benzene rings is 3. The van der Waals surface area contributed by atoms with Crippen LogP contribution in [0.15, 0.2) is 65.1 Å². The lowest BCUT2D eigenvalue weighted by Gasteiger charge is -2.22. The molecule has 4 rings (SSSR count). The predicted octanol–water partition coefficient (Wildman–Crippen LogP) is 0.805. The van der Waals surface area contributed by atoms with Gasteiger partial charge in [0.2, 0.25) is 5.36 Å². The molecule has 2 aliphatic rings. The molecule has 0 fully saturated rings. The highest BCUT2D eigenvalue weighted by Gasteiger charge is 2.22. The first-order valence-electron chi connectivity index (χ1n) is 12.3. The third-order valence-electron chi connectivity index (χ3n) is 6.37. The first-order valence-corrected chi connectivity index (χ1v) is 13.5. The number of halogens is 1. The van der Waals surface area contributed by atoms with Crippen molar-refractivity contribution in [3.05, 3.63) is 71.6 Å². The van der Waals surface area contributed by atoms with E-state index >= 15 is 0 Å². The van der Waals surface area contributed by atoms with Crippen LogP contribution in [0.2, 0.25) is 0 Å². The second kappa shape index (κ2) is 12.4. The Morgan fingerprint density at radius 3 is 2.11 bits per heavy atom. The molecule has 2 aromatic rings. The van der Waals surface area contributed by atoms with Gasteiger partial charge in [-0.3, -0.25) is 0 Å². The van der Waals surface area contributed by atoms with Crippen LogP contribution in [0.5, 0.6) is 0 Å². The quantitative estimate of drug-likeness (QED) is 0.266. The number of nitrogens with zero attached hydrogens (tertiary/aromatic N) is 2. The lowest BCUT2D eigenvalue weighted by atomic mass is 9.90. The van der Waals surface area contributed by atoms with E-state index in [1.807, 2.05) is 12.1 Å². The average Bonchev–Trinajstić information content (AvgIpc) is 2.87. The van der Waals surface area contributed by atoms with Crippen LogP contribution in [0.1, 0.15) is 38.1 Å². The Morgan fingerprint density at radius 2 is 1.53 bits per heavy atom. The maximum atomic E-state index is 12.1. The van der Waals surface area contributed by atoms with Crippen LogP contribution < -0.4 is 33.5 Å². The zero-order chi connectivity index (χ0) is 28.0. The lowest BCUT2D eigenvalue weighted by molar-refractivity contribution is -2.00. The Hall–Kier alpha value is -3.47. The number of aromatic carboxylic acids is 1. The number of fused-ring (bicyclic) bond motifs is 2. The van der Waals surface area contributed by atoms with E-state index in [0.717, 1.165) is 65.1 Å². The molecule has 38 heavy (non-hydrogen) atoms. The normalized spacial score (nSPS) is 11.3. The molecule has 0 atom stereocenters. The summed E-state index contributed by atoms with van der Waals surface area (Å²) in [6.45, 7) is 12.1. The molecule has 2 aromatic carbocycles. The van der Waals surface area contributed by atoms with Crippen LogP contribution in [0.3, 0.4) is 0 Å². The molecule has 202 valence electrons. The van der Waals surface area contributed by atoms with E-state index in [4.69, 9.17) is 23.1 Å². The van der Waals surface area contributed by atoms with Gasteiger partial charge in [0, 0.05) is 47.4 Å². The summed E-state index contributed by atoms with van der Waals surface area (Å²) in [6, 6.07) is 19.6. The van der Waals surface area contributed by atoms with E-state index in [1.165, 1.54) is 0 Å². The van der Waals surface area contributed by atoms with Crippen molar-refractivity contribution in [1.82, 2.24) is 4.58 Å². The van der Waals surface area contributed by atoms with Gasteiger partial charge < -0.3 is 14.4 Å². The van der Waals surface area contributed by atoms with Gasteiger partial charge in [-0.05, 0) is 57.5 Å². The minimum absolute atomic E-state index is 0.284. The number of carboxylic acids is 1. The summed E-state index contributed by atoms with van der Waals surface area (Å²) >= 11 is 0. The van der Waals surface area contributed by atoms with E-state index in [0.29, 0.717) is 5.56 Å². The summed E-state index contributed by atoms with van der Waals surface area (Å²) in [5.74, 6) is -0.189. The minimum atomic E-state index is -4.94. The van der Waals surface area contributed by atoms with Gasteiger partial charge in [0.1, 0.15) is 24.4 Å². The van der Waals surface area contributed by atoms with Gasteiger partial charge in [-0.15, -0.1) is 10.2 Å². The summed E-state index contributed by atoms with van der Waals surface area (Å²) < 4.78 is 42.7. The molecule has 0 bridgehead atoms. The SMILES string of the molecule is CCN(CC)c1ccc2c(-c3ccccc3C(=O)O)c3ccc(=[N+](CC)CC)cc-3oc2c1.[O-][Cl+3]([O-])([O-])[O-]. The van der Waals surface area contributed by atoms with Crippen molar-refractivity contribution >= 4 is 22.6 Å². The summed E-state index contributed by atoms with van der Waals surface area (Å²) in [5.41, 5.74) is 4.62. The van der Waals surface area contributed by atoms with Crippen LogP contribution >= 0.6 is 0 Å². The Morgan fingerprint density at radius 1 is 0.895 bits per heavy atom. The maximum absolute atomic E-state index is 12.1. The highest BCUT2D eigenvalue weighted by Crippen LogP contribution is 2.42. The van der Waals surface area contributed by atoms with Crippen molar-refractivity contribution in [3.63, 3.8) is 0 Å². The fourth-order valence-corrected chi connectivity index (χ4v) is 4.62. The van der Waals surface area contributed by atoms with Gasteiger partial charge in [-0.1, -0.05) is 18.2 Å². The fraction of sp³-hybridized carbons (Fsp3) is 0.286. The molecule has 9 nitrogen and oxygen atoms in total. The lowest BCUT2D eigenvalue weighted by Crippen LogP contribution is -2.68. The molecule has 1 heterocycles. The standard InChI is InChI=1S/C28H30N2O3.ClHO4/c1-5-29(6-2)19-13-15-23-25(17-19)33-26-18-20(30(7-3)8-4)14-16-24(26)27(23)21-11-9-10-12-22(21)28(31)32;2-1(3,4)5/h9-18H,5-8H2,1-4H3;(H,2,3,4,5). The minimum Gasteiger partial charge on any atom is -0.478 e. The van der Waals surface area contributed by atoms with Crippen molar-refractivity contribution in [1.29, 1.82) is 0 Å². The third kappa shape index (κ3) is 6.69. The number of carbonyl (C=O) groups is 1. The Bertz CT molecular complexity index is 1440. The van der Waals surface area contributed by atoms with Crippen molar-refractivity contribution in [3.8, 4) is 22.5 Å².